The predicted molar refractivity (Wildman–Crippen MR) is 113 cm³/mol. The number of hydrogen-bond acceptors (Lipinski definition) is 5. The van der Waals surface area contributed by atoms with E-state index in [0.29, 0.717) is 11.7 Å². The fraction of sp³-hybridized carbons (Fsp3) is 0.391. The lowest BCUT2D eigenvalue weighted by molar-refractivity contribution is -0.134. The van der Waals surface area contributed by atoms with E-state index in [1.165, 1.54) is 12.8 Å². The molecular weight excluding hydrogens is 362 g/mol. The van der Waals surface area contributed by atoms with Crippen LogP contribution < -0.4 is 5.32 Å². The van der Waals surface area contributed by atoms with Crippen molar-refractivity contribution in [3.8, 4) is 11.4 Å². The van der Waals surface area contributed by atoms with Gasteiger partial charge >= 0.3 is 0 Å². The summed E-state index contributed by atoms with van der Waals surface area (Å²) in [4.78, 5) is 28.5. The molecule has 1 aliphatic heterocycles. The highest BCUT2D eigenvalue weighted by atomic mass is 16.2. The van der Waals surface area contributed by atoms with Crippen molar-refractivity contribution in [3.05, 3.63) is 48.8 Å². The number of nitrogens with one attached hydrogen (secondary N) is 1. The van der Waals surface area contributed by atoms with Crippen molar-refractivity contribution in [2.24, 2.45) is 5.92 Å². The lowest BCUT2D eigenvalue weighted by atomic mass is 10.1. The van der Waals surface area contributed by atoms with E-state index in [2.05, 4.69) is 10.3 Å². The van der Waals surface area contributed by atoms with E-state index < -0.39 is 0 Å². The highest BCUT2D eigenvalue weighted by Crippen LogP contribution is 2.29. The van der Waals surface area contributed by atoms with Gasteiger partial charge in [0.25, 0.3) is 0 Å². The Kier molecular flexibility index (Phi) is 4.84. The molecular formula is C23H25N5O. The Labute approximate surface area is 170 Å². The molecule has 0 spiro atoms. The van der Waals surface area contributed by atoms with Gasteiger partial charge in [0.1, 0.15) is 5.82 Å². The Morgan fingerprint density at radius 3 is 2.62 bits per heavy atom. The maximum Gasteiger partial charge on any atom is 0.225 e. The fourth-order valence-corrected chi connectivity index (χ4v) is 4.52. The first-order chi connectivity index (χ1) is 14.3. The summed E-state index contributed by atoms with van der Waals surface area (Å²) in [6.45, 7) is 1.57. The highest BCUT2D eigenvalue weighted by molar-refractivity contribution is 5.90. The molecule has 1 unspecified atom stereocenters. The van der Waals surface area contributed by atoms with Crippen molar-refractivity contribution in [3.63, 3.8) is 0 Å². The molecule has 2 aliphatic rings. The van der Waals surface area contributed by atoms with Crippen LogP contribution in [-0.4, -0.2) is 44.9 Å². The van der Waals surface area contributed by atoms with Gasteiger partial charge in [-0.15, -0.1) is 0 Å². The number of aromatic nitrogens is 3. The van der Waals surface area contributed by atoms with E-state index in [4.69, 9.17) is 9.97 Å². The smallest absolute Gasteiger partial charge is 0.225 e. The van der Waals surface area contributed by atoms with Gasteiger partial charge in [0.2, 0.25) is 5.91 Å². The predicted octanol–water partition coefficient (Wildman–Crippen LogP) is 3.89. The lowest BCUT2D eigenvalue weighted by Crippen LogP contribution is -2.35. The molecule has 1 aromatic carbocycles. The number of rotatable bonds is 4. The Morgan fingerprint density at radius 2 is 1.79 bits per heavy atom. The molecule has 1 N–H and O–H groups in total. The largest absolute Gasteiger partial charge is 0.365 e. The number of anilines is 1. The monoisotopic (exact) mass is 387 g/mol. The Morgan fingerprint density at radius 1 is 1.00 bits per heavy atom. The quantitative estimate of drug-likeness (QED) is 0.735. The number of hydrogen-bond donors (Lipinski definition) is 1. The summed E-state index contributed by atoms with van der Waals surface area (Å²) >= 11 is 0. The molecule has 6 heteroatoms. The topological polar surface area (TPSA) is 71.0 Å². The molecule has 1 amide bonds. The summed E-state index contributed by atoms with van der Waals surface area (Å²) in [5, 5.41) is 4.61. The second-order valence-corrected chi connectivity index (χ2v) is 8.04. The van der Waals surface area contributed by atoms with Crippen molar-refractivity contribution in [2.45, 2.75) is 38.1 Å². The summed E-state index contributed by atoms with van der Waals surface area (Å²) in [5.74, 6) is 2.11. The summed E-state index contributed by atoms with van der Waals surface area (Å²) in [6, 6.07) is 12.1. The lowest BCUT2D eigenvalue weighted by Gasteiger charge is -2.21. The molecule has 3 heterocycles. The minimum atomic E-state index is 0.212. The summed E-state index contributed by atoms with van der Waals surface area (Å²) in [5.41, 5.74) is 1.85. The van der Waals surface area contributed by atoms with Crippen LogP contribution in [0, 0.1) is 5.92 Å². The molecule has 1 atom stereocenters. The van der Waals surface area contributed by atoms with Gasteiger partial charge in [-0.25, -0.2) is 9.97 Å². The van der Waals surface area contributed by atoms with Crippen molar-refractivity contribution < 1.29 is 4.79 Å². The van der Waals surface area contributed by atoms with Crippen LogP contribution in [0.15, 0.2) is 48.8 Å². The molecule has 1 saturated heterocycles. The first kappa shape index (κ1) is 18.0. The molecule has 5 rings (SSSR count). The normalized spacial score (nSPS) is 19.7. The number of carbonyl (C=O) groups is 1. The van der Waals surface area contributed by atoms with Gasteiger partial charge in [-0.3, -0.25) is 9.78 Å². The summed E-state index contributed by atoms with van der Waals surface area (Å²) in [6.07, 6.45) is 8.95. The summed E-state index contributed by atoms with van der Waals surface area (Å²) < 4.78 is 0. The van der Waals surface area contributed by atoms with E-state index in [-0.39, 0.29) is 12.0 Å². The van der Waals surface area contributed by atoms with E-state index in [9.17, 15) is 4.79 Å². The molecule has 148 valence electrons. The van der Waals surface area contributed by atoms with Gasteiger partial charge < -0.3 is 10.2 Å². The maximum atomic E-state index is 12.8. The molecule has 1 aliphatic carbocycles. The number of benzene rings is 1. The fourth-order valence-electron chi connectivity index (χ4n) is 4.52. The van der Waals surface area contributed by atoms with Gasteiger partial charge in [-0.1, -0.05) is 25.0 Å². The second kappa shape index (κ2) is 7.78. The third kappa shape index (κ3) is 3.67. The molecule has 3 aromatic rings. The molecule has 0 bridgehead atoms. The van der Waals surface area contributed by atoms with Gasteiger partial charge in [0.15, 0.2) is 5.82 Å². The molecule has 6 nitrogen and oxygen atoms in total. The zero-order valence-corrected chi connectivity index (χ0v) is 16.4. The van der Waals surface area contributed by atoms with Crippen LogP contribution in [0.2, 0.25) is 0 Å². The van der Waals surface area contributed by atoms with Crippen molar-refractivity contribution in [2.75, 3.05) is 18.4 Å². The van der Waals surface area contributed by atoms with Crippen LogP contribution in [0.5, 0.6) is 0 Å². The van der Waals surface area contributed by atoms with Gasteiger partial charge in [0.05, 0.1) is 5.52 Å². The van der Waals surface area contributed by atoms with E-state index >= 15 is 0 Å². The number of likely N-dealkylation sites (tertiary alicyclic amines) is 1. The zero-order chi connectivity index (χ0) is 19.6. The molecule has 2 fully saturated rings. The Hall–Kier alpha value is -3.02. The van der Waals surface area contributed by atoms with Crippen LogP contribution in [0.3, 0.4) is 0 Å². The molecule has 0 radical (unpaired) electrons. The van der Waals surface area contributed by atoms with Gasteiger partial charge in [-0.05, 0) is 43.5 Å². The number of nitrogens with zero attached hydrogens (tertiary/aromatic N) is 4. The average Bonchev–Trinajstić information content (AvgIpc) is 3.46. The molecule has 1 saturated carbocycles. The van der Waals surface area contributed by atoms with Crippen LogP contribution in [0.25, 0.3) is 22.3 Å². The number of para-hydroxylation sites is 1. The van der Waals surface area contributed by atoms with Crippen LogP contribution in [0.4, 0.5) is 5.82 Å². The standard InChI is InChI=1S/C23H25N5O/c29-23(17-5-1-2-6-17)28-14-11-18(15-28)25-22-19-7-3-4-8-20(19)26-21(27-22)16-9-12-24-13-10-16/h3-4,7-10,12-13,17-18H,1-2,5-6,11,14-15H2,(H,25,26,27). The first-order valence-electron chi connectivity index (χ1n) is 10.5. The Balaban J connectivity index is 1.39. The Bertz CT molecular complexity index is 1020. The number of amides is 1. The number of carbonyl (C=O) groups excluding carboxylic acids is 1. The zero-order valence-electron chi connectivity index (χ0n) is 16.4. The van der Waals surface area contributed by atoms with Crippen molar-refractivity contribution >= 4 is 22.6 Å². The maximum absolute atomic E-state index is 12.8. The molecule has 29 heavy (non-hydrogen) atoms. The minimum Gasteiger partial charge on any atom is -0.365 e. The average molecular weight is 387 g/mol. The van der Waals surface area contributed by atoms with Crippen molar-refractivity contribution in [1.29, 1.82) is 0 Å². The number of pyridine rings is 1. The minimum absolute atomic E-state index is 0.212. The second-order valence-electron chi connectivity index (χ2n) is 8.04. The van der Waals surface area contributed by atoms with Crippen LogP contribution in [-0.2, 0) is 4.79 Å². The van der Waals surface area contributed by atoms with E-state index in [1.54, 1.807) is 12.4 Å². The first-order valence-corrected chi connectivity index (χ1v) is 10.5. The van der Waals surface area contributed by atoms with Crippen LogP contribution in [0.1, 0.15) is 32.1 Å². The van der Waals surface area contributed by atoms with E-state index in [1.807, 2.05) is 41.3 Å². The highest BCUT2D eigenvalue weighted by Gasteiger charge is 2.32. The van der Waals surface area contributed by atoms with E-state index in [0.717, 1.165) is 54.6 Å². The van der Waals surface area contributed by atoms with Crippen molar-refractivity contribution in [1.82, 2.24) is 19.9 Å². The van der Waals surface area contributed by atoms with Gasteiger partial charge in [-0.2, -0.15) is 0 Å². The molecule has 2 aromatic heterocycles. The third-order valence-electron chi connectivity index (χ3n) is 6.09. The van der Waals surface area contributed by atoms with Crippen LogP contribution >= 0.6 is 0 Å². The third-order valence-corrected chi connectivity index (χ3v) is 6.09. The SMILES string of the molecule is O=C(C1CCCC1)N1CCC(Nc2nc(-c3ccncc3)nc3ccccc23)C1. The van der Waals surface area contributed by atoms with Gasteiger partial charge in [0, 0.05) is 48.4 Å². The number of fused-ring (bicyclic) bond motifs is 1. The summed E-state index contributed by atoms with van der Waals surface area (Å²) in [7, 11) is 0.